The number of ether oxygens (including phenoxy) is 2. The second-order valence-corrected chi connectivity index (χ2v) is 6.32. The first-order valence-corrected chi connectivity index (χ1v) is 8.14. The van der Waals surface area contributed by atoms with E-state index in [4.69, 9.17) is 9.47 Å². The molecule has 1 saturated heterocycles. The summed E-state index contributed by atoms with van der Waals surface area (Å²) in [7, 11) is 2.17. The Hall–Kier alpha value is -1.91. The van der Waals surface area contributed by atoms with Gasteiger partial charge >= 0.3 is 0 Å². The van der Waals surface area contributed by atoms with E-state index in [1.807, 2.05) is 18.2 Å². The molecular formula is C19H24N2O2. The van der Waals surface area contributed by atoms with Crippen molar-refractivity contribution in [1.29, 1.82) is 0 Å². The van der Waals surface area contributed by atoms with Crippen molar-refractivity contribution in [3.05, 3.63) is 53.9 Å². The van der Waals surface area contributed by atoms with E-state index in [9.17, 15) is 0 Å². The molecule has 0 N–H and O–H groups in total. The Morgan fingerprint density at radius 2 is 2.26 bits per heavy atom. The summed E-state index contributed by atoms with van der Waals surface area (Å²) < 4.78 is 11.3. The van der Waals surface area contributed by atoms with E-state index >= 15 is 0 Å². The highest BCUT2D eigenvalue weighted by molar-refractivity contribution is 5.39. The normalized spacial score (nSPS) is 17.6. The van der Waals surface area contributed by atoms with Crippen molar-refractivity contribution in [3.63, 3.8) is 0 Å². The Morgan fingerprint density at radius 3 is 2.96 bits per heavy atom. The Bertz CT molecular complexity index is 625. The van der Waals surface area contributed by atoms with Crippen LogP contribution in [0.1, 0.15) is 17.5 Å². The Balaban J connectivity index is 1.59. The number of nitrogens with zero attached hydrogens (tertiary/aromatic N) is 2. The number of rotatable bonds is 6. The van der Waals surface area contributed by atoms with Gasteiger partial charge in [0.2, 0.25) is 0 Å². The maximum absolute atomic E-state index is 5.88. The molecule has 0 aliphatic carbocycles. The third kappa shape index (κ3) is 4.53. The minimum absolute atomic E-state index is 0.675. The largest absolute Gasteiger partial charge is 0.455 e. The van der Waals surface area contributed by atoms with Crippen molar-refractivity contribution in [3.8, 4) is 11.5 Å². The summed E-state index contributed by atoms with van der Waals surface area (Å²) in [5, 5.41) is 0. The number of hydrogen-bond acceptors (Lipinski definition) is 4. The zero-order valence-electron chi connectivity index (χ0n) is 13.9. The van der Waals surface area contributed by atoms with E-state index in [2.05, 4.69) is 36.0 Å². The topological polar surface area (TPSA) is 34.6 Å². The van der Waals surface area contributed by atoms with Gasteiger partial charge in [0.1, 0.15) is 11.5 Å². The highest BCUT2D eigenvalue weighted by atomic mass is 16.5. The van der Waals surface area contributed by atoms with Crippen LogP contribution in [0.2, 0.25) is 0 Å². The molecule has 1 aromatic heterocycles. The first-order chi connectivity index (χ1) is 11.2. The van der Waals surface area contributed by atoms with Gasteiger partial charge in [-0.3, -0.25) is 4.98 Å². The molecule has 0 saturated carbocycles. The predicted molar refractivity (Wildman–Crippen MR) is 90.8 cm³/mol. The van der Waals surface area contributed by atoms with Crippen LogP contribution in [-0.2, 0) is 11.3 Å². The van der Waals surface area contributed by atoms with E-state index < -0.39 is 0 Å². The summed E-state index contributed by atoms with van der Waals surface area (Å²) in [5.74, 6) is 2.32. The van der Waals surface area contributed by atoms with Gasteiger partial charge in [0.15, 0.2) is 0 Å². The van der Waals surface area contributed by atoms with Crippen molar-refractivity contribution in [2.45, 2.75) is 19.9 Å². The van der Waals surface area contributed by atoms with Crippen LogP contribution in [0, 0.1) is 12.8 Å². The summed E-state index contributed by atoms with van der Waals surface area (Å²) in [6.07, 6.45) is 4.65. The molecule has 2 aromatic rings. The first-order valence-electron chi connectivity index (χ1n) is 8.14. The lowest BCUT2D eigenvalue weighted by Gasteiger charge is -2.20. The fraction of sp³-hybridized carbons (Fsp3) is 0.421. The van der Waals surface area contributed by atoms with E-state index in [1.165, 1.54) is 12.0 Å². The average molecular weight is 312 g/mol. The number of aromatic nitrogens is 1. The van der Waals surface area contributed by atoms with E-state index in [-0.39, 0.29) is 0 Å². The van der Waals surface area contributed by atoms with E-state index in [0.29, 0.717) is 5.92 Å². The maximum Gasteiger partial charge on any atom is 0.145 e. The lowest BCUT2D eigenvalue weighted by molar-refractivity contribution is 0.173. The van der Waals surface area contributed by atoms with Gasteiger partial charge in [0.25, 0.3) is 0 Å². The van der Waals surface area contributed by atoms with Gasteiger partial charge in [-0.1, -0.05) is 12.1 Å². The number of hydrogen-bond donors (Lipinski definition) is 0. The summed E-state index contributed by atoms with van der Waals surface area (Å²) in [5.41, 5.74) is 2.45. The molecular weight excluding hydrogens is 288 g/mol. The van der Waals surface area contributed by atoms with Gasteiger partial charge in [-0.15, -0.1) is 0 Å². The molecule has 1 fully saturated rings. The fourth-order valence-electron chi connectivity index (χ4n) is 3.00. The molecule has 0 amide bonds. The van der Waals surface area contributed by atoms with Gasteiger partial charge in [-0.25, -0.2) is 0 Å². The van der Waals surface area contributed by atoms with Crippen LogP contribution in [-0.4, -0.2) is 36.7 Å². The molecule has 23 heavy (non-hydrogen) atoms. The molecule has 1 aromatic carbocycles. The van der Waals surface area contributed by atoms with Gasteiger partial charge in [-0.05, 0) is 55.6 Å². The molecule has 0 spiro atoms. The number of benzene rings is 1. The van der Waals surface area contributed by atoms with Gasteiger partial charge < -0.3 is 14.4 Å². The lowest BCUT2D eigenvalue weighted by Crippen LogP contribution is -2.25. The second-order valence-electron chi connectivity index (χ2n) is 6.32. The quantitative estimate of drug-likeness (QED) is 0.815. The molecule has 1 unspecified atom stereocenters. The molecule has 122 valence electrons. The SMILES string of the molecule is Cc1cc(CN(C)CC2CCOC2)ccc1Oc1cccnc1. The van der Waals surface area contributed by atoms with Crippen molar-refractivity contribution in [2.24, 2.45) is 5.92 Å². The molecule has 1 atom stereocenters. The third-order valence-corrected chi connectivity index (χ3v) is 4.15. The average Bonchev–Trinajstić information content (AvgIpc) is 3.04. The number of aryl methyl sites for hydroxylation is 1. The summed E-state index contributed by atoms with van der Waals surface area (Å²) in [6.45, 7) is 5.94. The highest BCUT2D eigenvalue weighted by Crippen LogP contribution is 2.25. The van der Waals surface area contributed by atoms with Crippen molar-refractivity contribution in [2.75, 3.05) is 26.8 Å². The zero-order valence-corrected chi connectivity index (χ0v) is 13.9. The van der Waals surface area contributed by atoms with Crippen LogP contribution in [0.15, 0.2) is 42.7 Å². The fourth-order valence-corrected chi connectivity index (χ4v) is 3.00. The van der Waals surface area contributed by atoms with Crippen LogP contribution in [0.25, 0.3) is 0 Å². The predicted octanol–water partition coefficient (Wildman–Crippen LogP) is 3.65. The zero-order chi connectivity index (χ0) is 16.1. The highest BCUT2D eigenvalue weighted by Gasteiger charge is 2.17. The lowest BCUT2D eigenvalue weighted by atomic mass is 10.1. The second kappa shape index (κ2) is 7.57. The van der Waals surface area contributed by atoms with Crippen LogP contribution >= 0.6 is 0 Å². The molecule has 0 radical (unpaired) electrons. The van der Waals surface area contributed by atoms with Crippen LogP contribution < -0.4 is 4.74 Å². The van der Waals surface area contributed by atoms with Crippen molar-refractivity contribution >= 4 is 0 Å². The molecule has 3 rings (SSSR count). The summed E-state index contributed by atoms with van der Waals surface area (Å²) in [6, 6.07) is 10.2. The molecule has 2 heterocycles. The summed E-state index contributed by atoms with van der Waals surface area (Å²) in [4.78, 5) is 6.45. The molecule has 4 nitrogen and oxygen atoms in total. The monoisotopic (exact) mass is 312 g/mol. The Morgan fingerprint density at radius 1 is 1.35 bits per heavy atom. The van der Waals surface area contributed by atoms with Crippen molar-refractivity contribution < 1.29 is 9.47 Å². The van der Waals surface area contributed by atoms with Gasteiger partial charge in [0, 0.05) is 25.9 Å². The van der Waals surface area contributed by atoms with Crippen LogP contribution in [0.4, 0.5) is 0 Å². The maximum atomic E-state index is 5.88. The minimum atomic E-state index is 0.675. The third-order valence-electron chi connectivity index (χ3n) is 4.15. The summed E-state index contributed by atoms with van der Waals surface area (Å²) >= 11 is 0. The molecule has 0 bridgehead atoms. The van der Waals surface area contributed by atoms with Crippen LogP contribution in [0.3, 0.4) is 0 Å². The van der Waals surface area contributed by atoms with E-state index in [1.54, 1.807) is 12.4 Å². The molecule has 1 aliphatic rings. The minimum Gasteiger partial charge on any atom is -0.455 e. The van der Waals surface area contributed by atoms with Gasteiger partial charge in [0.05, 0.1) is 12.8 Å². The first kappa shape index (κ1) is 16.0. The van der Waals surface area contributed by atoms with Crippen LogP contribution in [0.5, 0.6) is 11.5 Å². The number of pyridine rings is 1. The molecule has 4 heteroatoms. The van der Waals surface area contributed by atoms with E-state index in [0.717, 1.165) is 43.4 Å². The Kier molecular flexibility index (Phi) is 5.26. The van der Waals surface area contributed by atoms with Gasteiger partial charge in [-0.2, -0.15) is 0 Å². The smallest absolute Gasteiger partial charge is 0.145 e. The standard InChI is InChI=1S/C19H24N2O2/c1-15-10-16(12-21(2)13-17-7-9-22-14-17)5-6-19(15)23-18-4-3-8-20-11-18/h3-6,8,10-11,17H,7,9,12-14H2,1-2H3. The van der Waals surface area contributed by atoms with Crippen molar-refractivity contribution in [1.82, 2.24) is 9.88 Å². The molecule has 1 aliphatic heterocycles. The Labute approximate surface area is 138 Å².